The lowest BCUT2D eigenvalue weighted by Gasteiger charge is -2.16. The monoisotopic (exact) mass is 288 g/mol. The van der Waals surface area contributed by atoms with Crippen LogP contribution in [0.15, 0.2) is 24.3 Å². The minimum Gasteiger partial charge on any atom is -0.352 e. The third-order valence-corrected chi connectivity index (χ3v) is 4.02. The second-order valence-electron chi connectivity index (χ2n) is 5.75. The highest BCUT2D eigenvalue weighted by atomic mass is 16.2. The van der Waals surface area contributed by atoms with Crippen molar-refractivity contribution in [2.75, 3.05) is 6.54 Å². The van der Waals surface area contributed by atoms with Crippen molar-refractivity contribution in [2.24, 2.45) is 0 Å². The SMILES string of the molecule is Cc1ccccc1C(=O)NCC(=O)NC1CCCCCC1. The molecule has 114 valence electrons. The predicted molar refractivity (Wildman–Crippen MR) is 83.1 cm³/mol. The Bertz CT molecular complexity index is 491. The Balaban J connectivity index is 1.78. The summed E-state index contributed by atoms with van der Waals surface area (Å²) in [5.74, 6) is -0.284. The van der Waals surface area contributed by atoms with Crippen LogP contribution in [0.2, 0.25) is 0 Å². The van der Waals surface area contributed by atoms with Crippen molar-refractivity contribution in [1.29, 1.82) is 0 Å². The van der Waals surface area contributed by atoms with Gasteiger partial charge in [0.05, 0.1) is 6.54 Å². The Hall–Kier alpha value is -1.84. The van der Waals surface area contributed by atoms with Crippen LogP contribution in [0.5, 0.6) is 0 Å². The molecular weight excluding hydrogens is 264 g/mol. The molecule has 1 aliphatic carbocycles. The molecule has 2 amide bonds. The molecule has 0 radical (unpaired) electrons. The van der Waals surface area contributed by atoms with Gasteiger partial charge < -0.3 is 10.6 Å². The van der Waals surface area contributed by atoms with Crippen LogP contribution >= 0.6 is 0 Å². The van der Waals surface area contributed by atoms with Gasteiger partial charge in [-0.15, -0.1) is 0 Å². The van der Waals surface area contributed by atoms with E-state index in [4.69, 9.17) is 0 Å². The van der Waals surface area contributed by atoms with Gasteiger partial charge in [-0.3, -0.25) is 9.59 Å². The summed E-state index contributed by atoms with van der Waals surface area (Å²) in [6, 6.07) is 7.66. The van der Waals surface area contributed by atoms with E-state index < -0.39 is 0 Å². The Kier molecular flexibility index (Phi) is 5.78. The molecule has 0 heterocycles. The largest absolute Gasteiger partial charge is 0.352 e. The smallest absolute Gasteiger partial charge is 0.251 e. The fraction of sp³-hybridized carbons (Fsp3) is 0.529. The standard InChI is InChI=1S/C17H24N2O2/c1-13-8-6-7-11-15(13)17(21)18-12-16(20)19-14-9-4-2-3-5-10-14/h6-8,11,14H,2-5,9-10,12H2,1H3,(H,18,21)(H,19,20). The highest BCUT2D eigenvalue weighted by molar-refractivity contribution is 5.97. The van der Waals surface area contributed by atoms with Crippen molar-refractivity contribution in [3.05, 3.63) is 35.4 Å². The molecule has 2 rings (SSSR count). The summed E-state index contributed by atoms with van der Waals surface area (Å²) in [5.41, 5.74) is 1.54. The van der Waals surface area contributed by atoms with Gasteiger partial charge >= 0.3 is 0 Å². The molecule has 4 heteroatoms. The number of rotatable bonds is 4. The molecule has 1 fully saturated rings. The lowest BCUT2D eigenvalue weighted by molar-refractivity contribution is -0.120. The molecule has 0 spiro atoms. The second kappa shape index (κ2) is 7.81. The van der Waals surface area contributed by atoms with Crippen LogP contribution in [0.25, 0.3) is 0 Å². The van der Waals surface area contributed by atoms with E-state index in [1.807, 2.05) is 25.1 Å². The van der Waals surface area contributed by atoms with Crippen LogP contribution in [0.3, 0.4) is 0 Å². The van der Waals surface area contributed by atoms with Crippen LogP contribution < -0.4 is 10.6 Å². The first-order valence-electron chi connectivity index (χ1n) is 7.80. The summed E-state index contributed by atoms with van der Waals surface area (Å²) in [7, 11) is 0. The summed E-state index contributed by atoms with van der Waals surface area (Å²) in [6.45, 7) is 1.93. The molecule has 1 aromatic rings. The summed E-state index contributed by atoms with van der Waals surface area (Å²) >= 11 is 0. The minimum atomic E-state index is -0.191. The van der Waals surface area contributed by atoms with Crippen LogP contribution in [0.4, 0.5) is 0 Å². The third kappa shape index (κ3) is 4.88. The van der Waals surface area contributed by atoms with Gasteiger partial charge in [0.25, 0.3) is 5.91 Å². The van der Waals surface area contributed by atoms with E-state index in [0.717, 1.165) is 18.4 Å². The van der Waals surface area contributed by atoms with E-state index in [-0.39, 0.29) is 24.4 Å². The Morgan fingerprint density at radius 1 is 1.10 bits per heavy atom. The summed E-state index contributed by atoms with van der Waals surface area (Å²) in [5, 5.41) is 5.72. The fourth-order valence-electron chi connectivity index (χ4n) is 2.79. The topological polar surface area (TPSA) is 58.2 Å². The second-order valence-corrected chi connectivity index (χ2v) is 5.75. The molecule has 1 saturated carbocycles. The third-order valence-electron chi connectivity index (χ3n) is 4.02. The summed E-state index contributed by atoms with van der Waals surface area (Å²) < 4.78 is 0. The van der Waals surface area contributed by atoms with Gasteiger partial charge in [0, 0.05) is 11.6 Å². The zero-order chi connectivity index (χ0) is 15.1. The summed E-state index contributed by atoms with van der Waals surface area (Å²) in [4.78, 5) is 23.9. The Morgan fingerprint density at radius 3 is 2.43 bits per heavy atom. The molecule has 0 unspecified atom stereocenters. The normalized spacial score (nSPS) is 16.0. The van der Waals surface area contributed by atoms with Gasteiger partial charge in [0.2, 0.25) is 5.91 Å². The fourth-order valence-corrected chi connectivity index (χ4v) is 2.79. The number of aryl methyl sites for hydroxylation is 1. The average Bonchev–Trinajstić information content (AvgIpc) is 2.74. The maximum Gasteiger partial charge on any atom is 0.251 e. The van der Waals surface area contributed by atoms with Gasteiger partial charge in [0.1, 0.15) is 0 Å². The van der Waals surface area contributed by atoms with Crippen LogP contribution in [-0.4, -0.2) is 24.4 Å². The number of benzene rings is 1. The molecule has 0 bridgehead atoms. The first kappa shape index (κ1) is 15.5. The lowest BCUT2D eigenvalue weighted by atomic mass is 10.1. The molecule has 4 nitrogen and oxygen atoms in total. The van der Waals surface area contributed by atoms with Crippen LogP contribution in [0, 0.1) is 6.92 Å². The molecule has 0 atom stereocenters. The van der Waals surface area contributed by atoms with E-state index in [2.05, 4.69) is 10.6 Å². The predicted octanol–water partition coefficient (Wildman–Crippen LogP) is 2.56. The molecule has 0 aliphatic heterocycles. The first-order chi connectivity index (χ1) is 10.2. The summed E-state index contributed by atoms with van der Waals surface area (Å²) in [6.07, 6.45) is 6.99. The number of carbonyl (C=O) groups is 2. The molecule has 21 heavy (non-hydrogen) atoms. The van der Waals surface area contributed by atoms with E-state index in [0.29, 0.717) is 5.56 Å². The van der Waals surface area contributed by atoms with Gasteiger partial charge in [0.15, 0.2) is 0 Å². The molecule has 0 saturated heterocycles. The molecule has 2 N–H and O–H groups in total. The number of hydrogen-bond donors (Lipinski definition) is 2. The molecule has 1 aromatic carbocycles. The van der Waals surface area contributed by atoms with Crippen LogP contribution in [0.1, 0.15) is 54.4 Å². The van der Waals surface area contributed by atoms with Gasteiger partial charge in [-0.2, -0.15) is 0 Å². The van der Waals surface area contributed by atoms with Crippen molar-refractivity contribution in [3.63, 3.8) is 0 Å². The zero-order valence-electron chi connectivity index (χ0n) is 12.7. The highest BCUT2D eigenvalue weighted by Gasteiger charge is 2.15. The molecule has 0 aromatic heterocycles. The maximum absolute atomic E-state index is 12.0. The van der Waals surface area contributed by atoms with Crippen molar-refractivity contribution in [3.8, 4) is 0 Å². The van der Waals surface area contributed by atoms with E-state index in [1.165, 1.54) is 25.7 Å². The Morgan fingerprint density at radius 2 is 1.76 bits per heavy atom. The molecular formula is C17H24N2O2. The maximum atomic E-state index is 12.0. The van der Waals surface area contributed by atoms with Crippen molar-refractivity contribution >= 4 is 11.8 Å². The van der Waals surface area contributed by atoms with Gasteiger partial charge in [-0.25, -0.2) is 0 Å². The van der Waals surface area contributed by atoms with E-state index in [1.54, 1.807) is 6.07 Å². The van der Waals surface area contributed by atoms with E-state index in [9.17, 15) is 9.59 Å². The quantitative estimate of drug-likeness (QED) is 0.837. The number of hydrogen-bond acceptors (Lipinski definition) is 2. The zero-order valence-corrected chi connectivity index (χ0v) is 12.7. The van der Waals surface area contributed by atoms with Crippen molar-refractivity contribution in [1.82, 2.24) is 10.6 Å². The van der Waals surface area contributed by atoms with E-state index >= 15 is 0 Å². The molecule has 1 aliphatic rings. The lowest BCUT2D eigenvalue weighted by Crippen LogP contribution is -2.41. The number of carbonyl (C=O) groups excluding carboxylic acids is 2. The van der Waals surface area contributed by atoms with Crippen LogP contribution in [-0.2, 0) is 4.79 Å². The first-order valence-corrected chi connectivity index (χ1v) is 7.80. The Labute approximate surface area is 126 Å². The highest BCUT2D eigenvalue weighted by Crippen LogP contribution is 2.17. The van der Waals surface area contributed by atoms with Crippen molar-refractivity contribution < 1.29 is 9.59 Å². The van der Waals surface area contributed by atoms with Gasteiger partial charge in [-0.1, -0.05) is 43.9 Å². The van der Waals surface area contributed by atoms with Crippen molar-refractivity contribution in [2.45, 2.75) is 51.5 Å². The number of amides is 2. The van der Waals surface area contributed by atoms with Gasteiger partial charge in [-0.05, 0) is 31.4 Å². The minimum absolute atomic E-state index is 0.0453. The number of nitrogens with one attached hydrogen (secondary N) is 2. The average molecular weight is 288 g/mol.